The number of hydrogen-bond acceptors (Lipinski definition) is 4. The van der Waals surface area contributed by atoms with Crippen molar-refractivity contribution in [1.82, 2.24) is 4.98 Å². The quantitative estimate of drug-likeness (QED) is 0.773. The van der Waals surface area contributed by atoms with Gasteiger partial charge in [-0.2, -0.15) is 0 Å². The lowest BCUT2D eigenvalue weighted by atomic mass is 10.1. The molecular weight excluding hydrogens is 194 g/mol. The summed E-state index contributed by atoms with van der Waals surface area (Å²) in [6, 6.07) is 1.20. The van der Waals surface area contributed by atoms with Gasteiger partial charge in [-0.15, -0.1) is 0 Å². The second-order valence-corrected chi connectivity index (χ2v) is 2.57. The molecule has 0 spiro atoms. The first-order valence-corrected chi connectivity index (χ1v) is 3.82. The molecule has 0 atom stereocenters. The Morgan fingerprint density at radius 1 is 1.64 bits per heavy atom. The van der Waals surface area contributed by atoms with E-state index in [0.29, 0.717) is 0 Å². The number of aliphatic hydroxyl groups excluding tert-OH is 1. The van der Waals surface area contributed by atoms with Crippen LogP contribution in [0.1, 0.15) is 17.7 Å². The number of aliphatic hydroxyl groups is 1. The highest BCUT2D eigenvalue weighted by Gasteiger charge is 2.18. The van der Waals surface area contributed by atoms with Crippen LogP contribution in [0.5, 0.6) is 5.88 Å². The van der Waals surface area contributed by atoms with Crippen molar-refractivity contribution in [3.63, 3.8) is 0 Å². The first-order valence-electron chi connectivity index (χ1n) is 3.82. The second-order valence-electron chi connectivity index (χ2n) is 2.57. The third-order valence-corrected chi connectivity index (χ3v) is 1.72. The maximum atomic E-state index is 12.4. The summed E-state index contributed by atoms with van der Waals surface area (Å²) in [6.07, 6.45) is -2.75. The Bertz CT molecular complexity index is 331. The van der Waals surface area contributed by atoms with Gasteiger partial charge in [0.25, 0.3) is 6.43 Å². The van der Waals surface area contributed by atoms with Gasteiger partial charge in [0.15, 0.2) is 0 Å². The van der Waals surface area contributed by atoms with Gasteiger partial charge in [0.1, 0.15) is 0 Å². The number of hydrogen-bond donors (Lipinski definition) is 2. The molecule has 1 rings (SSSR count). The molecule has 0 amide bonds. The third-order valence-electron chi connectivity index (χ3n) is 1.72. The number of nitrogen functional groups attached to an aromatic ring is 1. The Balaban J connectivity index is 3.27. The molecule has 0 radical (unpaired) electrons. The maximum absolute atomic E-state index is 12.4. The van der Waals surface area contributed by atoms with E-state index < -0.39 is 18.6 Å². The Labute approximate surface area is 79.3 Å². The van der Waals surface area contributed by atoms with Gasteiger partial charge in [0.05, 0.1) is 25.0 Å². The van der Waals surface area contributed by atoms with Crippen molar-refractivity contribution in [2.24, 2.45) is 0 Å². The van der Waals surface area contributed by atoms with Crippen LogP contribution >= 0.6 is 0 Å². The fourth-order valence-electron chi connectivity index (χ4n) is 1.08. The van der Waals surface area contributed by atoms with E-state index in [0.717, 1.165) is 0 Å². The highest BCUT2D eigenvalue weighted by atomic mass is 19.3. The molecule has 0 unspecified atom stereocenters. The fourth-order valence-corrected chi connectivity index (χ4v) is 1.08. The Kier molecular flexibility index (Phi) is 3.19. The zero-order chi connectivity index (χ0) is 10.7. The SMILES string of the molecule is COc1cc(N)c(C(F)F)c(CO)n1. The molecule has 0 aliphatic carbocycles. The highest BCUT2D eigenvalue weighted by molar-refractivity contribution is 5.52. The van der Waals surface area contributed by atoms with Crippen molar-refractivity contribution >= 4 is 5.69 Å². The number of halogens is 2. The second kappa shape index (κ2) is 4.19. The van der Waals surface area contributed by atoms with E-state index in [-0.39, 0.29) is 17.3 Å². The van der Waals surface area contributed by atoms with Crippen LogP contribution in [0.4, 0.5) is 14.5 Å². The van der Waals surface area contributed by atoms with Gasteiger partial charge >= 0.3 is 0 Å². The predicted molar refractivity (Wildman–Crippen MR) is 46.1 cm³/mol. The van der Waals surface area contributed by atoms with E-state index in [1.807, 2.05) is 0 Å². The Morgan fingerprint density at radius 2 is 2.29 bits per heavy atom. The van der Waals surface area contributed by atoms with Crippen LogP contribution in [0.3, 0.4) is 0 Å². The van der Waals surface area contributed by atoms with Crippen LogP contribution in [0.15, 0.2) is 6.07 Å². The Morgan fingerprint density at radius 3 is 2.71 bits per heavy atom. The van der Waals surface area contributed by atoms with Gasteiger partial charge in [-0.05, 0) is 0 Å². The topological polar surface area (TPSA) is 68.4 Å². The average molecular weight is 204 g/mol. The molecule has 0 fully saturated rings. The van der Waals surface area contributed by atoms with Crippen LogP contribution < -0.4 is 10.5 Å². The number of methoxy groups -OCH3 is 1. The summed E-state index contributed by atoms with van der Waals surface area (Å²) in [7, 11) is 1.34. The normalized spacial score (nSPS) is 10.6. The number of pyridine rings is 1. The molecule has 4 nitrogen and oxygen atoms in total. The maximum Gasteiger partial charge on any atom is 0.267 e. The first-order chi connectivity index (χ1) is 6.60. The molecule has 0 saturated carbocycles. The molecule has 0 saturated heterocycles. The fraction of sp³-hybridized carbons (Fsp3) is 0.375. The molecule has 0 aromatic carbocycles. The minimum atomic E-state index is -2.75. The van der Waals surface area contributed by atoms with E-state index in [1.165, 1.54) is 13.2 Å². The van der Waals surface area contributed by atoms with Gasteiger partial charge in [0.2, 0.25) is 5.88 Å². The molecule has 0 aliphatic rings. The van der Waals surface area contributed by atoms with E-state index in [2.05, 4.69) is 4.98 Å². The zero-order valence-electron chi connectivity index (χ0n) is 7.50. The van der Waals surface area contributed by atoms with Crippen molar-refractivity contribution in [1.29, 1.82) is 0 Å². The van der Waals surface area contributed by atoms with Crippen LogP contribution in [-0.2, 0) is 6.61 Å². The van der Waals surface area contributed by atoms with Gasteiger partial charge in [0, 0.05) is 11.8 Å². The molecule has 1 aromatic heterocycles. The smallest absolute Gasteiger partial charge is 0.267 e. The zero-order valence-corrected chi connectivity index (χ0v) is 7.50. The molecular formula is C8H10F2N2O2. The molecule has 6 heteroatoms. The van der Waals surface area contributed by atoms with Gasteiger partial charge < -0.3 is 15.6 Å². The number of anilines is 1. The molecule has 0 bridgehead atoms. The first kappa shape index (κ1) is 10.6. The number of ether oxygens (including phenoxy) is 1. The number of aromatic nitrogens is 1. The number of nitrogens with zero attached hydrogens (tertiary/aromatic N) is 1. The Hall–Kier alpha value is -1.43. The average Bonchev–Trinajstić information content (AvgIpc) is 2.15. The van der Waals surface area contributed by atoms with Gasteiger partial charge in [-0.1, -0.05) is 0 Å². The molecule has 3 N–H and O–H groups in total. The minimum absolute atomic E-state index is 0.107. The summed E-state index contributed by atoms with van der Waals surface area (Å²) < 4.78 is 29.6. The van der Waals surface area contributed by atoms with Crippen molar-refractivity contribution in [3.05, 3.63) is 17.3 Å². The lowest BCUT2D eigenvalue weighted by molar-refractivity contribution is 0.146. The van der Waals surface area contributed by atoms with Crippen LogP contribution in [0.25, 0.3) is 0 Å². The molecule has 1 heterocycles. The number of rotatable bonds is 3. The number of nitrogens with two attached hydrogens (primary N) is 1. The lowest BCUT2D eigenvalue weighted by Crippen LogP contribution is -2.05. The molecule has 14 heavy (non-hydrogen) atoms. The summed E-state index contributed by atoms with van der Waals surface area (Å²) in [5, 5.41) is 8.80. The largest absolute Gasteiger partial charge is 0.481 e. The highest BCUT2D eigenvalue weighted by Crippen LogP contribution is 2.30. The summed E-state index contributed by atoms with van der Waals surface area (Å²) in [6.45, 7) is -0.596. The van der Waals surface area contributed by atoms with Crippen molar-refractivity contribution in [2.75, 3.05) is 12.8 Å². The lowest BCUT2D eigenvalue weighted by Gasteiger charge is -2.10. The molecule has 1 aromatic rings. The minimum Gasteiger partial charge on any atom is -0.481 e. The molecule has 78 valence electrons. The van der Waals surface area contributed by atoms with Crippen molar-refractivity contribution in [3.8, 4) is 5.88 Å². The van der Waals surface area contributed by atoms with Gasteiger partial charge in [-0.3, -0.25) is 0 Å². The summed E-state index contributed by atoms with van der Waals surface area (Å²) in [5.41, 5.74) is 4.64. The summed E-state index contributed by atoms with van der Waals surface area (Å²) in [4.78, 5) is 3.66. The van der Waals surface area contributed by atoms with E-state index in [4.69, 9.17) is 15.6 Å². The van der Waals surface area contributed by atoms with Crippen molar-refractivity contribution in [2.45, 2.75) is 13.0 Å². The third kappa shape index (κ3) is 1.90. The van der Waals surface area contributed by atoms with E-state index >= 15 is 0 Å². The van der Waals surface area contributed by atoms with E-state index in [9.17, 15) is 8.78 Å². The monoisotopic (exact) mass is 204 g/mol. The van der Waals surface area contributed by atoms with E-state index in [1.54, 1.807) is 0 Å². The predicted octanol–water partition coefficient (Wildman–Crippen LogP) is 1.10. The van der Waals surface area contributed by atoms with Crippen molar-refractivity contribution < 1.29 is 18.6 Å². The standard InChI is InChI=1S/C8H10F2N2O2/c1-14-6-2-4(11)7(8(9)10)5(3-13)12-6/h2,8,13H,3H2,1H3,(H2,11,12). The summed E-state index contributed by atoms with van der Waals surface area (Å²) >= 11 is 0. The van der Waals surface area contributed by atoms with Crippen LogP contribution in [0, 0.1) is 0 Å². The molecule has 0 aliphatic heterocycles. The number of alkyl halides is 2. The van der Waals surface area contributed by atoms with Crippen LogP contribution in [0.2, 0.25) is 0 Å². The van der Waals surface area contributed by atoms with Crippen LogP contribution in [-0.4, -0.2) is 17.2 Å². The van der Waals surface area contributed by atoms with Gasteiger partial charge in [-0.25, -0.2) is 13.8 Å². The summed E-state index contributed by atoms with van der Waals surface area (Å²) in [5.74, 6) is 0.107.